The number of hydrogen-bond acceptors (Lipinski definition) is 6. The van der Waals surface area contributed by atoms with Crippen molar-refractivity contribution in [2.24, 2.45) is 0 Å². The van der Waals surface area contributed by atoms with Gasteiger partial charge >= 0.3 is 0 Å². The number of nitrogens with zero attached hydrogens (tertiary/aromatic N) is 3. The number of anilines is 1. The fraction of sp³-hybridized carbons (Fsp3) is 0.565. The fourth-order valence-electron chi connectivity index (χ4n) is 4.16. The smallest absolute Gasteiger partial charge is 0.280 e. The van der Waals surface area contributed by atoms with Gasteiger partial charge in [0.15, 0.2) is 5.01 Å². The Morgan fingerprint density at radius 2 is 2.06 bits per heavy atom. The minimum atomic E-state index is -3.06. The highest BCUT2D eigenvalue weighted by molar-refractivity contribution is 7.17. The summed E-state index contributed by atoms with van der Waals surface area (Å²) in [6, 6.07) is 0.422. The Bertz CT molecular complexity index is 1110. The molecule has 1 saturated carbocycles. The molecule has 1 atom stereocenters. The molecule has 2 amide bonds. The molecule has 2 aliphatic rings. The first-order valence-corrected chi connectivity index (χ1v) is 12.4. The average Bonchev–Trinajstić information content (AvgIpc) is 3.34. The molecule has 2 fully saturated rings. The van der Waals surface area contributed by atoms with Gasteiger partial charge in [-0.15, -0.1) is 11.3 Å². The van der Waals surface area contributed by atoms with E-state index in [1.807, 2.05) is 6.92 Å². The van der Waals surface area contributed by atoms with E-state index in [1.165, 1.54) is 19.2 Å². The number of pyridine rings is 1. The third-order valence-electron chi connectivity index (χ3n) is 6.22. The van der Waals surface area contributed by atoms with E-state index in [0.29, 0.717) is 6.54 Å². The van der Waals surface area contributed by atoms with Crippen LogP contribution in [0, 0.1) is 0 Å². The first kappa shape index (κ1) is 25.3. The summed E-state index contributed by atoms with van der Waals surface area (Å²) in [7, 11) is 0. The molecule has 1 unspecified atom stereocenters. The molecule has 0 aromatic carbocycles. The standard InChI is InChI=1S/C23H27F4N5O2S/c1-3-7-28-16-8-14(19(24)25)15(10-29-16)18-17(22(34)32-11-23(26,27)9-12(32)2)31-21(35-18)20(33)30-13-5-4-6-13/h8,10,12-13,19H,3-7,9,11H2,1-2H3,(H,28,29)(H,30,33). The van der Waals surface area contributed by atoms with Crippen molar-refractivity contribution in [1.82, 2.24) is 20.2 Å². The summed E-state index contributed by atoms with van der Waals surface area (Å²) in [5, 5.41) is 5.68. The molecule has 0 bridgehead atoms. The van der Waals surface area contributed by atoms with Gasteiger partial charge in [-0.05, 0) is 38.7 Å². The van der Waals surface area contributed by atoms with Crippen LogP contribution in [0.25, 0.3) is 10.4 Å². The van der Waals surface area contributed by atoms with Crippen LogP contribution in [-0.2, 0) is 0 Å². The van der Waals surface area contributed by atoms with Gasteiger partial charge in [-0.3, -0.25) is 9.59 Å². The Labute approximate surface area is 204 Å². The quantitative estimate of drug-likeness (QED) is 0.479. The molecule has 2 aromatic rings. The van der Waals surface area contributed by atoms with Gasteiger partial charge in [0.1, 0.15) is 11.5 Å². The number of alkyl halides is 4. The Balaban J connectivity index is 1.76. The second-order valence-corrected chi connectivity index (χ2v) is 10.0. The maximum Gasteiger partial charge on any atom is 0.280 e. The van der Waals surface area contributed by atoms with Gasteiger partial charge in [0.2, 0.25) is 0 Å². The first-order valence-electron chi connectivity index (χ1n) is 11.6. The lowest BCUT2D eigenvalue weighted by Gasteiger charge is -2.25. The predicted octanol–water partition coefficient (Wildman–Crippen LogP) is 5.12. The highest BCUT2D eigenvalue weighted by atomic mass is 32.1. The first-order chi connectivity index (χ1) is 16.6. The molecule has 2 N–H and O–H groups in total. The lowest BCUT2D eigenvalue weighted by atomic mass is 9.93. The maximum absolute atomic E-state index is 14.1. The highest BCUT2D eigenvalue weighted by Gasteiger charge is 2.46. The molecule has 1 aliphatic heterocycles. The number of halogens is 4. The van der Waals surface area contributed by atoms with Crippen LogP contribution in [0.5, 0.6) is 0 Å². The highest BCUT2D eigenvalue weighted by Crippen LogP contribution is 2.40. The summed E-state index contributed by atoms with van der Waals surface area (Å²) < 4.78 is 56.1. The van der Waals surface area contributed by atoms with Gasteiger partial charge in [-0.25, -0.2) is 27.5 Å². The summed E-state index contributed by atoms with van der Waals surface area (Å²) in [4.78, 5) is 35.5. The van der Waals surface area contributed by atoms with Crippen molar-refractivity contribution >= 4 is 29.0 Å². The zero-order valence-electron chi connectivity index (χ0n) is 19.4. The van der Waals surface area contributed by atoms with Gasteiger partial charge in [0, 0.05) is 42.4 Å². The lowest BCUT2D eigenvalue weighted by Crippen LogP contribution is -2.39. The number of nitrogens with one attached hydrogen (secondary N) is 2. The lowest BCUT2D eigenvalue weighted by molar-refractivity contribution is 0.0118. The molecule has 0 radical (unpaired) electrons. The normalized spacial score (nSPS) is 19.6. The van der Waals surface area contributed by atoms with Crippen LogP contribution in [0.1, 0.15) is 78.2 Å². The second kappa shape index (κ2) is 10.1. The number of carbonyl (C=O) groups excluding carboxylic acids is 2. The van der Waals surface area contributed by atoms with Crippen molar-refractivity contribution < 1.29 is 27.2 Å². The largest absolute Gasteiger partial charge is 0.370 e. The third kappa shape index (κ3) is 5.41. The number of carbonyl (C=O) groups is 2. The number of thiazole rings is 1. The van der Waals surface area contributed by atoms with Crippen LogP contribution in [0.2, 0.25) is 0 Å². The summed E-state index contributed by atoms with van der Waals surface area (Å²) in [5.74, 6) is -4.15. The van der Waals surface area contributed by atoms with Crippen LogP contribution in [0.4, 0.5) is 23.4 Å². The van der Waals surface area contributed by atoms with Crippen molar-refractivity contribution in [3.63, 3.8) is 0 Å². The Morgan fingerprint density at radius 1 is 1.31 bits per heavy atom. The van der Waals surface area contributed by atoms with Gasteiger partial charge in [0.25, 0.3) is 24.2 Å². The summed E-state index contributed by atoms with van der Waals surface area (Å²) in [6.45, 7) is 3.15. The summed E-state index contributed by atoms with van der Waals surface area (Å²) in [5.41, 5.74) is -0.734. The molecule has 4 rings (SSSR count). The van der Waals surface area contributed by atoms with Crippen molar-refractivity contribution in [2.45, 2.75) is 70.4 Å². The summed E-state index contributed by atoms with van der Waals surface area (Å²) >= 11 is 0.789. The van der Waals surface area contributed by atoms with Gasteiger partial charge in [-0.1, -0.05) is 6.92 Å². The van der Waals surface area contributed by atoms with Gasteiger partial charge in [-0.2, -0.15) is 0 Å². The minimum absolute atomic E-state index is 0.00601. The molecule has 35 heavy (non-hydrogen) atoms. The topological polar surface area (TPSA) is 87.2 Å². The van der Waals surface area contributed by atoms with E-state index in [1.54, 1.807) is 0 Å². The third-order valence-corrected chi connectivity index (χ3v) is 7.31. The predicted molar refractivity (Wildman–Crippen MR) is 124 cm³/mol. The number of aromatic nitrogens is 2. The van der Waals surface area contributed by atoms with Crippen LogP contribution < -0.4 is 10.6 Å². The SMILES string of the molecule is CCCNc1cc(C(F)F)c(-c2sc(C(=O)NC3CCC3)nc2C(=O)N2CC(F)(F)CC2C)cn1. The minimum Gasteiger partial charge on any atom is -0.370 e. The van der Waals surface area contributed by atoms with Gasteiger partial charge in [0.05, 0.1) is 11.4 Å². The maximum atomic E-state index is 14.1. The molecule has 7 nitrogen and oxygen atoms in total. The molecule has 1 aliphatic carbocycles. The van der Waals surface area contributed by atoms with E-state index in [-0.39, 0.29) is 38.6 Å². The number of amides is 2. The Morgan fingerprint density at radius 3 is 2.63 bits per heavy atom. The average molecular weight is 514 g/mol. The zero-order chi connectivity index (χ0) is 25.3. The van der Waals surface area contributed by atoms with E-state index in [2.05, 4.69) is 20.6 Å². The molecule has 2 aromatic heterocycles. The van der Waals surface area contributed by atoms with Crippen molar-refractivity contribution in [2.75, 3.05) is 18.4 Å². The molecular formula is C23H27F4N5O2S. The molecule has 0 spiro atoms. The fourth-order valence-corrected chi connectivity index (χ4v) is 5.15. The van der Waals surface area contributed by atoms with E-state index in [0.717, 1.165) is 41.9 Å². The van der Waals surface area contributed by atoms with Gasteiger partial charge < -0.3 is 15.5 Å². The van der Waals surface area contributed by atoms with Crippen LogP contribution in [0.15, 0.2) is 12.3 Å². The Kier molecular flexibility index (Phi) is 7.30. The zero-order valence-corrected chi connectivity index (χ0v) is 20.2. The number of likely N-dealkylation sites (tertiary alicyclic amines) is 1. The molecule has 12 heteroatoms. The molecular weight excluding hydrogens is 486 g/mol. The van der Waals surface area contributed by atoms with Crippen LogP contribution >= 0.6 is 11.3 Å². The molecule has 3 heterocycles. The number of hydrogen-bond donors (Lipinski definition) is 2. The van der Waals surface area contributed by atoms with Crippen LogP contribution in [0.3, 0.4) is 0 Å². The molecule has 190 valence electrons. The van der Waals surface area contributed by atoms with Crippen molar-refractivity contribution in [3.05, 3.63) is 28.5 Å². The van der Waals surface area contributed by atoms with E-state index in [9.17, 15) is 27.2 Å². The van der Waals surface area contributed by atoms with Crippen LogP contribution in [-0.4, -0.2) is 57.8 Å². The van der Waals surface area contributed by atoms with Crippen molar-refractivity contribution in [3.8, 4) is 10.4 Å². The second-order valence-electron chi connectivity index (χ2n) is 9.02. The monoisotopic (exact) mass is 513 g/mol. The van der Waals surface area contributed by atoms with E-state index >= 15 is 0 Å². The molecule has 1 saturated heterocycles. The summed E-state index contributed by atoms with van der Waals surface area (Å²) in [6.07, 6.45) is 1.19. The Hall–Kier alpha value is -2.76. The van der Waals surface area contributed by atoms with Crippen molar-refractivity contribution in [1.29, 1.82) is 0 Å². The number of rotatable bonds is 8. The van der Waals surface area contributed by atoms with E-state index < -0.39 is 43.2 Å². The van der Waals surface area contributed by atoms with E-state index in [4.69, 9.17) is 0 Å².